The van der Waals surface area contributed by atoms with Crippen LogP contribution < -0.4 is 0 Å². The number of rotatable bonds is 8. The molecule has 14 heavy (non-hydrogen) atoms. The van der Waals surface area contributed by atoms with Crippen molar-refractivity contribution in [1.82, 2.24) is 0 Å². The van der Waals surface area contributed by atoms with Crippen LogP contribution in [0.1, 0.15) is 66.2 Å². The summed E-state index contributed by atoms with van der Waals surface area (Å²) in [7, 11) is -1.34. The summed E-state index contributed by atoms with van der Waals surface area (Å²) in [5.74, 6) is 0. The first-order valence-electron chi connectivity index (χ1n) is 6.17. The number of unbranched alkanes of at least 4 members (excludes halogenated alkanes) is 2. The summed E-state index contributed by atoms with van der Waals surface area (Å²) in [6.45, 7) is 8.73. The first-order valence-corrected chi connectivity index (χ1v) is 7.73. The minimum atomic E-state index is -1.34. The lowest BCUT2D eigenvalue weighted by molar-refractivity contribution is 0.556. The van der Waals surface area contributed by atoms with Crippen molar-refractivity contribution >= 4 is 7.80 Å². The monoisotopic (exact) mass is 218 g/mol. The molecule has 2 atom stereocenters. The molecule has 0 rings (SSSR count). The molecule has 2 heteroatoms. The van der Waals surface area contributed by atoms with Gasteiger partial charge in [0.1, 0.15) is 0 Å². The minimum absolute atomic E-state index is 0.465. The van der Waals surface area contributed by atoms with E-state index in [1.807, 2.05) is 0 Å². The third-order valence-electron chi connectivity index (χ3n) is 2.95. The molecule has 0 amide bonds. The van der Waals surface area contributed by atoms with Crippen molar-refractivity contribution in [2.24, 2.45) is 0 Å². The molecule has 0 aliphatic rings. The van der Waals surface area contributed by atoms with Crippen LogP contribution in [0.4, 0.5) is 0 Å². The lowest BCUT2D eigenvalue weighted by Crippen LogP contribution is -2.05. The van der Waals surface area contributed by atoms with Gasteiger partial charge < -0.3 is 4.57 Å². The summed E-state index contributed by atoms with van der Waals surface area (Å²) in [4.78, 5) is 0. The van der Waals surface area contributed by atoms with Gasteiger partial charge in [-0.25, -0.2) is 0 Å². The molecule has 0 aromatic heterocycles. The molecule has 0 heterocycles. The van der Waals surface area contributed by atoms with Crippen LogP contribution in [0.3, 0.4) is 0 Å². The van der Waals surface area contributed by atoms with E-state index in [-0.39, 0.29) is 0 Å². The van der Waals surface area contributed by atoms with Gasteiger partial charge in [-0.3, -0.25) is 0 Å². The number of hydrogen-bond donors (Lipinski definition) is 0. The Kier molecular flexibility index (Phi) is 8.67. The molecule has 0 aliphatic heterocycles. The average Bonchev–Trinajstić information content (AvgIpc) is 2.21. The zero-order valence-electron chi connectivity index (χ0n) is 10.3. The Balaban J connectivity index is 3.78. The normalized spacial score (nSPS) is 17.7. The summed E-state index contributed by atoms with van der Waals surface area (Å²) in [5.41, 5.74) is 0.929. The van der Waals surface area contributed by atoms with Crippen molar-refractivity contribution in [3.63, 3.8) is 0 Å². The highest BCUT2D eigenvalue weighted by atomic mass is 31.1. The fourth-order valence-electron chi connectivity index (χ4n) is 1.79. The Hall–Kier alpha value is 0.230. The fourth-order valence-corrected chi connectivity index (χ4v) is 3.74. The smallest absolute Gasteiger partial charge is 0.0815 e. The molecule has 0 spiro atoms. The summed E-state index contributed by atoms with van der Waals surface area (Å²) in [6.07, 6.45) is 7.23. The van der Waals surface area contributed by atoms with Crippen LogP contribution in [-0.4, -0.2) is 11.3 Å². The standard InChI is InChI=1S/C12H27OP/c1-5-7-9-11(3)14(13)12(4)10-8-6-2/h11-12,14H,5-10H2,1-4H3. The van der Waals surface area contributed by atoms with E-state index in [0.29, 0.717) is 11.3 Å². The molecule has 0 saturated heterocycles. The van der Waals surface area contributed by atoms with Gasteiger partial charge in [-0.1, -0.05) is 53.4 Å². The maximum Gasteiger partial charge on any atom is 0.0815 e. The van der Waals surface area contributed by atoms with E-state index in [2.05, 4.69) is 27.7 Å². The van der Waals surface area contributed by atoms with E-state index >= 15 is 0 Å². The molecule has 1 nitrogen and oxygen atoms in total. The molecule has 0 saturated carbocycles. The fraction of sp³-hybridized carbons (Fsp3) is 1.00. The van der Waals surface area contributed by atoms with E-state index in [4.69, 9.17) is 0 Å². The van der Waals surface area contributed by atoms with Crippen LogP contribution in [-0.2, 0) is 4.57 Å². The Labute approximate surface area is 90.5 Å². The van der Waals surface area contributed by atoms with E-state index in [0.717, 1.165) is 12.8 Å². The van der Waals surface area contributed by atoms with Gasteiger partial charge in [-0.2, -0.15) is 0 Å². The predicted molar refractivity (Wildman–Crippen MR) is 67.0 cm³/mol. The third-order valence-corrected chi connectivity index (χ3v) is 5.47. The van der Waals surface area contributed by atoms with Crippen LogP contribution in [0, 0.1) is 0 Å². The van der Waals surface area contributed by atoms with Crippen molar-refractivity contribution < 1.29 is 4.57 Å². The highest BCUT2D eigenvalue weighted by Gasteiger charge is 2.16. The second-order valence-corrected chi connectivity index (χ2v) is 7.26. The molecule has 0 radical (unpaired) electrons. The second-order valence-electron chi connectivity index (χ2n) is 4.49. The van der Waals surface area contributed by atoms with E-state index < -0.39 is 7.80 Å². The quantitative estimate of drug-likeness (QED) is 0.539. The van der Waals surface area contributed by atoms with Crippen molar-refractivity contribution in [2.75, 3.05) is 0 Å². The maximum atomic E-state index is 12.0. The molecular formula is C12H27OP. The zero-order valence-corrected chi connectivity index (χ0v) is 11.3. The molecule has 0 bridgehead atoms. The summed E-state index contributed by atoms with van der Waals surface area (Å²) in [6, 6.07) is 0. The maximum absolute atomic E-state index is 12.0. The lowest BCUT2D eigenvalue weighted by Gasteiger charge is -2.16. The summed E-state index contributed by atoms with van der Waals surface area (Å²) >= 11 is 0. The first kappa shape index (κ1) is 14.2. The molecule has 0 aliphatic carbocycles. The van der Waals surface area contributed by atoms with Crippen LogP contribution in [0.15, 0.2) is 0 Å². The predicted octanol–water partition coefficient (Wildman–Crippen LogP) is 4.70. The first-order chi connectivity index (χ1) is 6.63. The Morgan fingerprint density at radius 1 is 0.929 bits per heavy atom. The average molecular weight is 218 g/mol. The van der Waals surface area contributed by atoms with Crippen molar-refractivity contribution in [1.29, 1.82) is 0 Å². The van der Waals surface area contributed by atoms with Gasteiger partial charge in [0.15, 0.2) is 0 Å². The van der Waals surface area contributed by atoms with Crippen molar-refractivity contribution in [3.05, 3.63) is 0 Å². The third kappa shape index (κ3) is 5.86. The van der Waals surface area contributed by atoms with Gasteiger partial charge in [0.25, 0.3) is 0 Å². The molecule has 0 fully saturated rings. The van der Waals surface area contributed by atoms with Gasteiger partial charge in [-0.05, 0) is 12.8 Å². The molecule has 86 valence electrons. The van der Waals surface area contributed by atoms with Crippen LogP contribution in [0.2, 0.25) is 0 Å². The Morgan fingerprint density at radius 2 is 1.29 bits per heavy atom. The van der Waals surface area contributed by atoms with Gasteiger partial charge >= 0.3 is 0 Å². The lowest BCUT2D eigenvalue weighted by atomic mass is 10.2. The molecule has 2 unspecified atom stereocenters. The summed E-state index contributed by atoms with van der Waals surface area (Å²) in [5, 5.41) is 0. The Morgan fingerprint density at radius 3 is 1.57 bits per heavy atom. The highest BCUT2D eigenvalue weighted by Crippen LogP contribution is 2.38. The largest absolute Gasteiger partial charge is 0.326 e. The second kappa shape index (κ2) is 8.53. The minimum Gasteiger partial charge on any atom is -0.326 e. The van der Waals surface area contributed by atoms with Crippen LogP contribution >= 0.6 is 7.80 Å². The molecule has 0 aromatic carbocycles. The zero-order chi connectivity index (χ0) is 11.0. The SMILES string of the molecule is CCCCC(C)[PH](=O)C(C)CCCC. The van der Waals surface area contributed by atoms with E-state index in [9.17, 15) is 4.57 Å². The van der Waals surface area contributed by atoms with Gasteiger partial charge in [0.2, 0.25) is 0 Å². The summed E-state index contributed by atoms with van der Waals surface area (Å²) < 4.78 is 12.0. The van der Waals surface area contributed by atoms with Gasteiger partial charge in [0, 0.05) is 11.3 Å². The van der Waals surface area contributed by atoms with E-state index in [1.165, 1.54) is 25.7 Å². The van der Waals surface area contributed by atoms with Crippen LogP contribution in [0.25, 0.3) is 0 Å². The van der Waals surface area contributed by atoms with Crippen molar-refractivity contribution in [3.8, 4) is 0 Å². The number of hydrogen-bond acceptors (Lipinski definition) is 1. The Bertz CT molecular complexity index is 140. The molecule has 0 N–H and O–H groups in total. The van der Waals surface area contributed by atoms with Crippen molar-refractivity contribution in [2.45, 2.75) is 77.5 Å². The molecule has 0 aromatic rings. The highest BCUT2D eigenvalue weighted by molar-refractivity contribution is 7.46. The van der Waals surface area contributed by atoms with Gasteiger partial charge in [0.05, 0.1) is 7.80 Å². The van der Waals surface area contributed by atoms with Crippen LogP contribution in [0.5, 0.6) is 0 Å². The van der Waals surface area contributed by atoms with E-state index in [1.54, 1.807) is 0 Å². The van der Waals surface area contributed by atoms with Gasteiger partial charge in [-0.15, -0.1) is 0 Å². The topological polar surface area (TPSA) is 17.1 Å². The molecular weight excluding hydrogens is 191 g/mol.